The molecular weight excluding hydrogens is 394 g/mol. The van der Waals surface area contributed by atoms with Crippen LogP contribution < -0.4 is 16.4 Å². The van der Waals surface area contributed by atoms with E-state index < -0.39 is 0 Å². The fourth-order valence-corrected chi connectivity index (χ4v) is 3.79. The summed E-state index contributed by atoms with van der Waals surface area (Å²) in [6.45, 7) is 4.33. The third-order valence-corrected chi connectivity index (χ3v) is 5.47. The predicted octanol–water partition coefficient (Wildman–Crippen LogP) is 3.12. The van der Waals surface area contributed by atoms with Gasteiger partial charge in [-0.1, -0.05) is 24.3 Å². The second-order valence-corrected chi connectivity index (χ2v) is 7.72. The molecule has 156 valence electrons. The van der Waals surface area contributed by atoms with Crippen LogP contribution in [0.25, 0.3) is 5.69 Å². The lowest BCUT2D eigenvalue weighted by Gasteiger charge is -2.10. The highest BCUT2D eigenvalue weighted by Gasteiger charge is 2.16. The van der Waals surface area contributed by atoms with Gasteiger partial charge in [0.25, 0.3) is 0 Å². The summed E-state index contributed by atoms with van der Waals surface area (Å²) in [7, 11) is 0. The number of nitriles is 1. The van der Waals surface area contributed by atoms with E-state index in [1.54, 1.807) is 16.0 Å². The van der Waals surface area contributed by atoms with Gasteiger partial charge in [-0.25, -0.2) is 4.68 Å². The first-order valence-corrected chi connectivity index (χ1v) is 11.0. The fourth-order valence-electron chi connectivity index (χ4n) is 3.08. The molecule has 0 atom stereocenters. The molecule has 7 nitrogen and oxygen atoms in total. The van der Waals surface area contributed by atoms with E-state index in [9.17, 15) is 5.26 Å². The minimum absolute atomic E-state index is 0.380. The number of guanidine groups is 1. The minimum Gasteiger partial charge on any atom is -0.382 e. The van der Waals surface area contributed by atoms with Crippen LogP contribution in [-0.4, -0.2) is 35.4 Å². The third-order valence-electron chi connectivity index (χ3n) is 4.54. The Bertz CT molecular complexity index is 985. The van der Waals surface area contributed by atoms with Crippen molar-refractivity contribution in [3.63, 3.8) is 0 Å². The highest BCUT2D eigenvalue weighted by molar-refractivity contribution is 7.09. The molecule has 0 aliphatic rings. The Kier molecular flexibility index (Phi) is 7.86. The highest BCUT2D eigenvalue weighted by atomic mass is 32.1. The lowest BCUT2D eigenvalue weighted by molar-refractivity contribution is 0.757. The SMILES string of the molecule is CCNC(=NCCCc1nn(-c2ccccc2)c(N)c1C#N)NCCc1cccs1. The Labute approximate surface area is 181 Å². The van der Waals surface area contributed by atoms with Crippen molar-refractivity contribution in [1.29, 1.82) is 5.26 Å². The summed E-state index contributed by atoms with van der Waals surface area (Å²) < 4.78 is 1.63. The van der Waals surface area contributed by atoms with Crippen LogP contribution in [0.15, 0.2) is 52.8 Å². The molecule has 2 aromatic heterocycles. The van der Waals surface area contributed by atoms with Gasteiger partial charge in [-0.15, -0.1) is 11.3 Å². The largest absolute Gasteiger partial charge is 0.382 e. The normalized spacial score (nSPS) is 11.3. The molecule has 0 amide bonds. The van der Waals surface area contributed by atoms with Gasteiger partial charge in [-0.3, -0.25) is 4.99 Å². The van der Waals surface area contributed by atoms with Crippen LogP contribution in [0.1, 0.15) is 29.5 Å². The molecule has 0 fully saturated rings. The first kappa shape index (κ1) is 21.4. The van der Waals surface area contributed by atoms with Gasteiger partial charge in [0.05, 0.1) is 11.4 Å². The van der Waals surface area contributed by atoms with E-state index in [2.05, 4.69) is 51.2 Å². The first-order valence-electron chi connectivity index (χ1n) is 10.1. The van der Waals surface area contributed by atoms with E-state index in [-0.39, 0.29) is 0 Å². The first-order chi connectivity index (χ1) is 14.7. The number of nitrogens with zero attached hydrogens (tertiary/aromatic N) is 4. The number of nitrogens with one attached hydrogen (secondary N) is 2. The molecule has 0 saturated carbocycles. The number of hydrogen-bond donors (Lipinski definition) is 3. The molecule has 8 heteroatoms. The van der Waals surface area contributed by atoms with Crippen molar-refractivity contribution in [3.8, 4) is 11.8 Å². The van der Waals surface area contributed by atoms with Crippen molar-refractivity contribution in [1.82, 2.24) is 20.4 Å². The molecular formula is C22H27N7S. The maximum Gasteiger partial charge on any atom is 0.191 e. The van der Waals surface area contributed by atoms with Gasteiger partial charge in [0.2, 0.25) is 0 Å². The van der Waals surface area contributed by atoms with Gasteiger partial charge in [0, 0.05) is 24.5 Å². The van der Waals surface area contributed by atoms with E-state index in [0.717, 1.165) is 37.6 Å². The number of anilines is 1. The number of hydrogen-bond acceptors (Lipinski definition) is 5. The van der Waals surface area contributed by atoms with E-state index in [1.807, 2.05) is 30.3 Å². The maximum absolute atomic E-state index is 9.52. The highest BCUT2D eigenvalue weighted by Crippen LogP contribution is 2.21. The Morgan fingerprint density at radius 1 is 1.20 bits per heavy atom. The molecule has 3 rings (SSSR count). The summed E-state index contributed by atoms with van der Waals surface area (Å²) in [6.07, 6.45) is 2.40. The number of nitrogen functional groups attached to an aromatic ring is 1. The number of rotatable bonds is 9. The molecule has 0 aliphatic carbocycles. The van der Waals surface area contributed by atoms with E-state index in [0.29, 0.717) is 30.0 Å². The van der Waals surface area contributed by atoms with Gasteiger partial charge >= 0.3 is 0 Å². The number of thiophene rings is 1. The zero-order valence-corrected chi connectivity index (χ0v) is 18.0. The van der Waals surface area contributed by atoms with Crippen LogP contribution in [0.2, 0.25) is 0 Å². The average molecular weight is 422 g/mol. The molecule has 0 bridgehead atoms. The molecule has 0 saturated heterocycles. The lowest BCUT2D eigenvalue weighted by Crippen LogP contribution is -2.38. The van der Waals surface area contributed by atoms with Crippen LogP contribution in [0.3, 0.4) is 0 Å². The van der Waals surface area contributed by atoms with Crippen LogP contribution in [-0.2, 0) is 12.8 Å². The topological polar surface area (TPSA) is 104 Å². The average Bonchev–Trinajstić information content (AvgIpc) is 3.39. The number of para-hydroxylation sites is 1. The van der Waals surface area contributed by atoms with Crippen molar-refractivity contribution < 1.29 is 0 Å². The minimum atomic E-state index is 0.380. The van der Waals surface area contributed by atoms with Gasteiger partial charge in [-0.05, 0) is 49.8 Å². The van der Waals surface area contributed by atoms with Gasteiger partial charge in [0.15, 0.2) is 5.96 Å². The van der Waals surface area contributed by atoms with Gasteiger partial charge in [-0.2, -0.15) is 10.4 Å². The lowest BCUT2D eigenvalue weighted by atomic mass is 10.1. The van der Waals surface area contributed by atoms with Crippen LogP contribution >= 0.6 is 11.3 Å². The quantitative estimate of drug-likeness (QED) is 0.280. The van der Waals surface area contributed by atoms with Crippen molar-refractivity contribution in [2.24, 2.45) is 4.99 Å². The van der Waals surface area contributed by atoms with Crippen molar-refractivity contribution in [3.05, 3.63) is 64.0 Å². The Balaban J connectivity index is 1.57. The molecule has 30 heavy (non-hydrogen) atoms. The summed E-state index contributed by atoms with van der Waals surface area (Å²) in [5, 5.41) is 22.8. The number of aliphatic imine (C=N–C) groups is 1. The summed E-state index contributed by atoms with van der Waals surface area (Å²) in [5.41, 5.74) is 8.17. The van der Waals surface area contributed by atoms with E-state index in [1.165, 1.54) is 4.88 Å². The fraction of sp³-hybridized carbons (Fsp3) is 0.318. The van der Waals surface area contributed by atoms with Crippen LogP contribution in [0.5, 0.6) is 0 Å². The predicted molar refractivity (Wildman–Crippen MR) is 123 cm³/mol. The summed E-state index contributed by atoms with van der Waals surface area (Å²) in [4.78, 5) is 5.99. The molecule has 0 aliphatic heterocycles. The molecule has 0 radical (unpaired) electrons. The zero-order chi connectivity index (χ0) is 21.2. The Morgan fingerprint density at radius 2 is 2.03 bits per heavy atom. The molecule has 1 aromatic carbocycles. The summed E-state index contributed by atoms with van der Waals surface area (Å²) in [6, 6.07) is 16.0. The number of aromatic nitrogens is 2. The molecule has 3 aromatic rings. The van der Waals surface area contributed by atoms with Crippen molar-refractivity contribution in [2.75, 3.05) is 25.4 Å². The second-order valence-electron chi connectivity index (χ2n) is 6.69. The molecule has 0 unspecified atom stereocenters. The Morgan fingerprint density at radius 3 is 2.73 bits per heavy atom. The smallest absolute Gasteiger partial charge is 0.191 e. The van der Waals surface area contributed by atoms with Gasteiger partial charge < -0.3 is 16.4 Å². The summed E-state index contributed by atoms with van der Waals surface area (Å²) >= 11 is 1.77. The third kappa shape index (κ3) is 5.61. The van der Waals surface area contributed by atoms with Crippen molar-refractivity contribution in [2.45, 2.75) is 26.2 Å². The monoisotopic (exact) mass is 421 g/mol. The number of benzene rings is 1. The molecule has 4 N–H and O–H groups in total. The second kappa shape index (κ2) is 11.0. The van der Waals surface area contributed by atoms with Crippen LogP contribution in [0.4, 0.5) is 5.82 Å². The number of nitrogens with two attached hydrogens (primary N) is 1. The standard InChI is InChI=1S/C22H27N7S/c1-2-25-22(27-14-12-18-10-7-15-30-18)26-13-6-11-20-19(16-23)21(24)29(28-20)17-8-4-3-5-9-17/h3-5,7-10,15H,2,6,11-14,24H2,1H3,(H2,25,26,27). The number of aryl methyl sites for hydroxylation is 1. The molecule has 2 heterocycles. The molecule has 0 spiro atoms. The zero-order valence-electron chi connectivity index (χ0n) is 17.1. The van der Waals surface area contributed by atoms with Gasteiger partial charge in [0.1, 0.15) is 17.5 Å². The maximum atomic E-state index is 9.52. The Hall–Kier alpha value is -3.31. The van der Waals surface area contributed by atoms with E-state index in [4.69, 9.17) is 5.73 Å². The van der Waals surface area contributed by atoms with Crippen molar-refractivity contribution >= 4 is 23.1 Å². The van der Waals surface area contributed by atoms with E-state index >= 15 is 0 Å². The van der Waals surface area contributed by atoms with Crippen LogP contribution in [0, 0.1) is 11.3 Å². The summed E-state index contributed by atoms with van der Waals surface area (Å²) in [5.74, 6) is 1.19.